The predicted molar refractivity (Wildman–Crippen MR) is 152 cm³/mol. The van der Waals surface area contributed by atoms with E-state index in [1.165, 1.54) is 4.90 Å². The molecule has 0 spiro atoms. The van der Waals surface area contributed by atoms with Gasteiger partial charge in [0.15, 0.2) is 11.5 Å². The number of carbonyl (C=O) groups is 2. The van der Waals surface area contributed by atoms with Crippen molar-refractivity contribution in [3.63, 3.8) is 0 Å². The van der Waals surface area contributed by atoms with Crippen LogP contribution in [0.5, 0.6) is 17.2 Å². The second kappa shape index (κ2) is 11.3. The Bertz CT molecular complexity index is 1490. The fraction of sp³-hybridized carbons (Fsp3) is 0.333. The Morgan fingerprint density at radius 3 is 2.63 bits per heavy atom. The first-order valence-corrected chi connectivity index (χ1v) is 14.0. The summed E-state index contributed by atoms with van der Waals surface area (Å²) >= 11 is 0. The maximum absolute atomic E-state index is 13.5. The number of aliphatic hydroxyl groups excluding tert-OH is 1. The fourth-order valence-electron chi connectivity index (χ4n) is 5.86. The molecule has 2 fully saturated rings. The van der Waals surface area contributed by atoms with Gasteiger partial charge in [0.05, 0.1) is 24.8 Å². The van der Waals surface area contributed by atoms with Gasteiger partial charge in [0.1, 0.15) is 24.2 Å². The molecule has 3 aromatic rings. The molecule has 41 heavy (non-hydrogen) atoms. The van der Waals surface area contributed by atoms with E-state index >= 15 is 0 Å². The van der Waals surface area contributed by atoms with Crippen molar-refractivity contribution in [2.75, 3.05) is 20.3 Å². The van der Waals surface area contributed by atoms with Crippen LogP contribution in [0.3, 0.4) is 0 Å². The number of ketones is 1. The molecule has 8 heteroatoms. The number of benzene rings is 3. The third kappa shape index (κ3) is 5.27. The molecule has 0 radical (unpaired) electrons. The molecule has 3 aromatic carbocycles. The lowest BCUT2D eigenvalue weighted by Crippen LogP contribution is -2.36. The molecule has 1 N–H and O–H groups in total. The van der Waals surface area contributed by atoms with Crippen molar-refractivity contribution in [1.82, 2.24) is 4.90 Å². The minimum absolute atomic E-state index is 0.0366. The van der Waals surface area contributed by atoms with E-state index in [2.05, 4.69) is 0 Å². The van der Waals surface area contributed by atoms with Crippen LogP contribution in [0, 0.1) is 0 Å². The van der Waals surface area contributed by atoms with Crippen LogP contribution in [0.4, 0.5) is 0 Å². The number of hydrogen-bond donors (Lipinski definition) is 1. The molecule has 212 valence electrons. The summed E-state index contributed by atoms with van der Waals surface area (Å²) in [6.07, 6.45) is 2.26. The zero-order valence-corrected chi connectivity index (χ0v) is 23.2. The Hall–Kier alpha value is -4.30. The van der Waals surface area contributed by atoms with Crippen LogP contribution in [0.15, 0.2) is 72.3 Å². The van der Waals surface area contributed by atoms with Gasteiger partial charge >= 0.3 is 0 Å². The number of nitrogens with zero attached hydrogens (tertiary/aromatic N) is 1. The molecule has 2 saturated heterocycles. The van der Waals surface area contributed by atoms with Crippen molar-refractivity contribution >= 4 is 17.4 Å². The average molecular weight is 556 g/mol. The summed E-state index contributed by atoms with van der Waals surface area (Å²) in [6.45, 7) is 3.21. The van der Waals surface area contributed by atoms with Crippen LogP contribution in [0.1, 0.15) is 48.1 Å². The van der Waals surface area contributed by atoms with Crippen molar-refractivity contribution < 1.29 is 33.6 Å². The maximum atomic E-state index is 13.5. The summed E-state index contributed by atoms with van der Waals surface area (Å²) in [5, 5.41) is 11.6. The second-order valence-corrected chi connectivity index (χ2v) is 10.7. The maximum Gasteiger partial charge on any atom is 0.295 e. The number of carbonyl (C=O) groups excluding carboxylic acids is 2. The highest BCUT2D eigenvalue weighted by Crippen LogP contribution is 2.43. The SMILES string of the molecule is COc1cc(C2/C(=C(/O)c3ccc4c(c3)CC(C)O4)C(=O)C(=O)N2CC2CCCO2)ccc1OCc1ccccc1. The number of ether oxygens (including phenoxy) is 4. The number of Topliss-reactive ketones (excluding diaryl/α,β-unsaturated/α-hetero) is 1. The summed E-state index contributed by atoms with van der Waals surface area (Å²) in [7, 11) is 1.55. The number of hydrogen-bond acceptors (Lipinski definition) is 7. The molecular weight excluding hydrogens is 522 g/mol. The number of amides is 1. The topological polar surface area (TPSA) is 94.5 Å². The smallest absolute Gasteiger partial charge is 0.295 e. The van der Waals surface area contributed by atoms with Crippen molar-refractivity contribution in [1.29, 1.82) is 0 Å². The molecule has 3 aliphatic rings. The van der Waals surface area contributed by atoms with E-state index in [1.807, 2.05) is 49.4 Å². The van der Waals surface area contributed by atoms with Gasteiger partial charge in [-0.25, -0.2) is 0 Å². The number of methoxy groups -OCH3 is 1. The molecule has 3 aliphatic heterocycles. The van der Waals surface area contributed by atoms with Gasteiger partial charge in [0, 0.05) is 25.1 Å². The summed E-state index contributed by atoms with van der Waals surface area (Å²) in [5.74, 6) is 0.162. The Kier molecular flexibility index (Phi) is 7.41. The molecule has 6 rings (SSSR count). The molecule has 0 aromatic heterocycles. The first kappa shape index (κ1) is 26.9. The summed E-state index contributed by atoms with van der Waals surface area (Å²) in [6, 6.07) is 19.7. The molecule has 0 aliphatic carbocycles. The molecule has 8 nitrogen and oxygen atoms in total. The third-order valence-corrected chi connectivity index (χ3v) is 7.87. The lowest BCUT2D eigenvalue weighted by Gasteiger charge is -2.28. The summed E-state index contributed by atoms with van der Waals surface area (Å²) in [5.41, 5.74) is 3.10. The largest absolute Gasteiger partial charge is 0.507 e. The van der Waals surface area contributed by atoms with E-state index in [4.69, 9.17) is 18.9 Å². The van der Waals surface area contributed by atoms with Gasteiger partial charge in [-0.05, 0) is 66.8 Å². The van der Waals surface area contributed by atoms with Crippen LogP contribution in [-0.2, 0) is 27.4 Å². The zero-order valence-electron chi connectivity index (χ0n) is 23.2. The molecule has 0 bridgehead atoms. The van der Waals surface area contributed by atoms with Crippen molar-refractivity contribution in [3.05, 3.63) is 94.6 Å². The summed E-state index contributed by atoms with van der Waals surface area (Å²) < 4.78 is 23.3. The van der Waals surface area contributed by atoms with Crippen molar-refractivity contribution in [3.8, 4) is 17.2 Å². The Morgan fingerprint density at radius 1 is 1.05 bits per heavy atom. The van der Waals surface area contributed by atoms with Crippen molar-refractivity contribution in [2.24, 2.45) is 0 Å². The molecule has 1 amide bonds. The molecule has 3 heterocycles. The van der Waals surface area contributed by atoms with E-state index in [0.29, 0.717) is 42.3 Å². The van der Waals surface area contributed by atoms with Gasteiger partial charge in [-0.2, -0.15) is 0 Å². The van der Waals surface area contributed by atoms with Crippen molar-refractivity contribution in [2.45, 2.75) is 51.0 Å². The normalized spacial score (nSPS) is 23.0. The Morgan fingerprint density at radius 2 is 1.88 bits per heavy atom. The first-order valence-electron chi connectivity index (χ1n) is 14.0. The Labute approximate surface area is 239 Å². The average Bonchev–Trinajstić information content (AvgIpc) is 3.70. The number of rotatable bonds is 8. The minimum atomic E-state index is -0.820. The van der Waals surface area contributed by atoms with Crippen LogP contribution >= 0.6 is 0 Å². The monoisotopic (exact) mass is 555 g/mol. The second-order valence-electron chi connectivity index (χ2n) is 10.7. The Balaban J connectivity index is 1.39. The highest BCUT2D eigenvalue weighted by Gasteiger charge is 2.47. The van der Waals surface area contributed by atoms with Crippen LogP contribution in [0.2, 0.25) is 0 Å². The molecular formula is C33H33NO7. The van der Waals surface area contributed by atoms with Gasteiger partial charge in [-0.3, -0.25) is 9.59 Å². The van der Waals surface area contributed by atoms with E-state index in [9.17, 15) is 14.7 Å². The summed E-state index contributed by atoms with van der Waals surface area (Å²) in [4.78, 5) is 28.5. The highest BCUT2D eigenvalue weighted by atomic mass is 16.5. The van der Waals surface area contributed by atoms with Crippen LogP contribution in [-0.4, -0.2) is 54.2 Å². The molecule has 0 saturated carbocycles. The molecule has 3 atom stereocenters. The molecule has 3 unspecified atom stereocenters. The van der Waals surface area contributed by atoms with E-state index in [0.717, 1.165) is 29.7 Å². The predicted octanol–water partition coefficient (Wildman–Crippen LogP) is 5.20. The zero-order chi connectivity index (χ0) is 28.5. The quantitative estimate of drug-likeness (QED) is 0.232. The lowest BCUT2D eigenvalue weighted by molar-refractivity contribution is -0.140. The van der Waals surface area contributed by atoms with Crippen LogP contribution < -0.4 is 14.2 Å². The lowest BCUT2D eigenvalue weighted by atomic mass is 9.94. The van der Waals surface area contributed by atoms with Gasteiger partial charge in [0.2, 0.25) is 0 Å². The third-order valence-electron chi connectivity index (χ3n) is 7.87. The van der Waals surface area contributed by atoms with Gasteiger partial charge in [-0.1, -0.05) is 36.4 Å². The van der Waals surface area contributed by atoms with Gasteiger partial charge in [0.25, 0.3) is 11.7 Å². The van der Waals surface area contributed by atoms with E-state index in [1.54, 1.807) is 31.4 Å². The van der Waals surface area contributed by atoms with Gasteiger partial charge in [-0.15, -0.1) is 0 Å². The number of likely N-dealkylation sites (tertiary alicyclic amines) is 1. The number of fused-ring (bicyclic) bond motifs is 1. The standard InChI is InChI=1S/C33H33NO7/c1-20-15-24-16-23(11-12-26(24)41-20)31(35)29-30(34(33(37)32(29)36)18-25-9-6-14-39-25)22-10-13-27(28(17-22)38-2)40-19-21-7-4-3-5-8-21/h3-5,7-8,10-13,16-17,20,25,30,35H,6,9,14-15,18-19H2,1-2H3/b31-29-. The fourth-order valence-corrected chi connectivity index (χ4v) is 5.86. The van der Waals surface area contributed by atoms with E-state index in [-0.39, 0.29) is 30.1 Å². The minimum Gasteiger partial charge on any atom is -0.507 e. The van der Waals surface area contributed by atoms with E-state index < -0.39 is 17.7 Å². The highest BCUT2D eigenvalue weighted by molar-refractivity contribution is 6.46. The number of aliphatic hydroxyl groups is 1. The first-order chi connectivity index (χ1) is 19.9. The van der Waals surface area contributed by atoms with Gasteiger partial charge < -0.3 is 29.0 Å². The van der Waals surface area contributed by atoms with Crippen LogP contribution in [0.25, 0.3) is 5.76 Å².